The Morgan fingerprint density at radius 3 is 2.87 bits per heavy atom. The van der Waals surface area contributed by atoms with Gasteiger partial charge in [0.05, 0.1) is 10.8 Å². The standard InChI is InChI=1S/C10H13N3OS/c1-6(7(2)11)10-12-9(13-14-10)8-4-3-5-15-8/h3-7H,11H2,1-2H3. The number of thiophene rings is 1. The van der Waals surface area contributed by atoms with Gasteiger partial charge in [-0.05, 0) is 18.4 Å². The van der Waals surface area contributed by atoms with Crippen molar-refractivity contribution in [1.29, 1.82) is 0 Å². The summed E-state index contributed by atoms with van der Waals surface area (Å²) in [6, 6.07) is 3.95. The first-order chi connectivity index (χ1) is 7.18. The molecule has 5 heteroatoms. The van der Waals surface area contributed by atoms with Gasteiger partial charge >= 0.3 is 0 Å². The Hall–Kier alpha value is -1.20. The van der Waals surface area contributed by atoms with Crippen molar-refractivity contribution in [3.8, 4) is 10.7 Å². The van der Waals surface area contributed by atoms with Crippen LogP contribution in [-0.2, 0) is 0 Å². The highest BCUT2D eigenvalue weighted by molar-refractivity contribution is 7.13. The summed E-state index contributed by atoms with van der Waals surface area (Å²) in [6.45, 7) is 3.91. The first-order valence-corrected chi connectivity index (χ1v) is 5.69. The van der Waals surface area contributed by atoms with Crippen molar-refractivity contribution < 1.29 is 4.52 Å². The molecule has 2 heterocycles. The molecule has 0 amide bonds. The lowest BCUT2D eigenvalue weighted by Gasteiger charge is -2.09. The Labute approximate surface area is 92.1 Å². The number of rotatable bonds is 3. The average molecular weight is 223 g/mol. The maximum Gasteiger partial charge on any atom is 0.231 e. The van der Waals surface area contributed by atoms with Gasteiger partial charge in [-0.3, -0.25) is 0 Å². The second kappa shape index (κ2) is 4.12. The van der Waals surface area contributed by atoms with Crippen LogP contribution in [0.1, 0.15) is 25.7 Å². The maximum absolute atomic E-state index is 5.77. The summed E-state index contributed by atoms with van der Waals surface area (Å²) in [5, 5.41) is 5.92. The minimum atomic E-state index is 0.0154. The van der Waals surface area contributed by atoms with E-state index in [1.165, 1.54) is 0 Å². The molecule has 0 aliphatic rings. The van der Waals surface area contributed by atoms with Crippen LogP contribution in [0.3, 0.4) is 0 Å². The normalized spacial score (nSPS) is 15.1. The second-order valence-electron chi connectivity index (χ2n) is 3.58. The summed E-state index contributed by atoms with van der Waals surface area (Å²) in [6.07, 6.45) is 0. The summed E-state index contributed by atoms with van der Waals surface area (Å²) < 4.78 is 5.18. The molecular formula is C10H13N3OS. The van der Waals surface area contributed by atoms with Crippen LogP contribution in [0.5, 0.6) is 0 Å². The lowest BCUT2D eigenvalue weighted by atomic mass is 10.1. The minimum Gasteiger partial charge on any atom is -0.339 e. The molecule has 0 fully saturated rings. The highest BCUT2D eigenvalue weighted by atomic mass is 32.1. The molecule has 4 nitrogen and oxygen atoms in total. The Balaban J connectivity index is 2.25. The molecule has 2 aromatic heterocycles. The Morgan fingerprint density at radius 2 is 2.27 bits per heavy atom. The zero-order chi connectivity index (χ0) is 10.8. The van der Waals surface area contributed by atoms with Gasteiger partial charge in [0.2, 0.25) is 11.7 Å². The van der Waals surface area contributed by atoms with E-state index in [2.05, 4.69) is 10.1 Å². The number of aromatic nitrogens is 2. The second-order valence-corrected chi connectivity index (χ2v) is 4.53. The highest BCUT2D eigenvalue weighted by Gasteiger charge is 2.18. The van der Waals surface area contributed by atoms with Crippen molar-refractivity contribution >= 4 is 11.3 Å². The van der Waals surface area contributed by atoms with Crippen LogP contribution in [0.2, 0.25) is 0 Å². The Morgan fingerprint density at radius 1 is 1.47 bits per heavy atom. The van der Waals surface area contributed by atoms with Crippen molar-refractivity contribution in [1.82, 2.24) is 10.1 Å². The molecular weight excluding hydrogens is 210 g/mol. The van der Waals surface area contributed by atoms with Crippen molar-refractivity contribution in [3.05, 3.63) is 23.4 Å². The van der Waals surface area contributed by atoms with Gasteiger partial charge in [0.1, 0.15) is 0 Å². The zero-order valence-electron chi connectivity index (χ0n) is 8.68. The van der Waals surface area contributed by atoms with Crippen molar-refractivity contribution in [2.24, 2.45) is 5.73 Å². The first-order valence-electron chi connectivity index (χ1n) is 4.81. The smallest absolute Gasteiger partial charge is 0.231 e. The van der Waals surface area contributed by atoms with E-state index >= 15 is 0 Å². The summed E-state index contributed by atoms with van der Waals surface area (Å²) in [7, 11) is 0. The molecule has 2 atom stereocenters. The molecule has 0 spiro atoms. The molecule has 80 valence electrons. The molecule has 2 aromatic rings. The van der Waals surface area contributed by atoms with Gasteiger partial charge in [-0.2, -0.15) is 4.98 Å². The molecule has 0 bridgehead atoms. The molecule has 15 heavy (non-hydrogen) atoms. The fourth-order valence-electron chi connectivity index (χ4n) is 1.15. The van der Waals surface area contributed by atoms with Gasteiger partial charge < -0.3 is 10.3 Å². The van der Waals surface area contributed by atoms with E-state index in [0.717, 1.165) is 4.88 Å². The largest absolute Gasteiger partial charge is 0.339 e. The van der Waals surface area contributed by atoms with Crippen LogP contribution in [0.15, 0.2) is 22.0 Å². The topological polar surface area (TPSA) is 64.9 Å². The van der Waals surface area contributed by atoms with Crippen LogP contribution in [0.25, 0.3) is 10.7 Å². The molecule has 0 aromatic carbocycles. The quantitative estimate of drug-likeness (QED) is 0.866. The van der Waals surface area contributed by atoms with Gasteiger partial charge in [-0.1, -0.05) is 18.1 Å². The summed E-state index contributed by atoms with van der Waals surface area (Å²) in [5.41, 5.74) is 5.77. The van der Waals surface area contributed by atoms with Crippen LogP contribution >= 0.6 is 11.3 Å². The first kappa shape index (κ1) is 10.3. The van der Waals surface area contributed by atoms with Gasteiger partial charge in [-0.25, -0.2) is 0 Å². The van der Waals surface area contributed by atoms with Crippen molar-refractivity contribution in [2.75, 3.05) is 0 Å². The molecule has 2 N–H and O–H groups in total. The molecule has 2 rings (SSSR count). The third kappa shape index (κ3) is 2.08. The van der Waals surface area contributed by atoms with Crippen molar-refractivity contribution in [2.45, 2.75) is 25.8 Å². The average Bonchev–Trinajstić information content (AvgIpc) is 2.86. The lowest BCUT2D eigenvalue weighted by molar-refractivity contribution is 0.347. The number of hydrogen-bond acceptors (Lipinski definition) is 5. The third-order valence-electron chi connectivity index (χ3n) is 2.36. The van der Waals surface area contributed by atoms with E-state index in [1.807, 2.05) is 31.4 Å². The predicted molar refractivity (Wildman–Crippen MR) is 59.7 cm³/mol. The predicted octanol–water partition coefficient (Wildman–Crippen LogP) is 2.25. The molecule has 0 radical (unpaired) electrons. The van der Waals surface area contributed by atoms with Crippen LogP contribution in [0, 0.1) is 0 Å². The van der Waals surface area contributed by atoms with Gasteiger partial charge in [0.15, 0.2) is 0 Å². The van der Waals surface area contributed by atoms with E-state index in [-0.39, 0.29) is 12.0 Å². The lowest BCUT2D eigenvalue weighted by Crippen LogP contribution is -2.22. The highest BCUT2D eigenvalue weighted by Crippen LogP contribution is 2.24. The van der Waals surface area contributed by atoms with Crippen LogP contribution in [0.4, 0.5) is 0 Å². The zero-order valence-corrected chi connectivity index (χ0v) is 9.49. The third-order valence-corrected chi connectivity index (χ3v) is 3.23. The van der Waals surface area contributed by atoms with Gasteiger partial charge in [-0.15, -0.1) is 11.3 Å². The molecule has 0 aliphatic heterocycles. The maximum atomic E-state index is 5.77. The summed E-state index contributed by atoms with van der Waals surface area (Å²) in [5.74, 6) is 1.34. The SMILES string of the molecule is CC(N)C(C)c1nc(-c2cccs2)no1. The Kier molecular flexibility index (Phi) is 2.83. The summed E-state index contributed by atoms with van der Waals surface area (Å²) in [4.78, 5) is 5.34. The van der Waals surface area contributed by atoms with E-state index in [0.29, 0.717) is 11.7 Å². The van der Waals surface area contributed by atoms with Crippen LogP contribution in [-0.4, -0.2) is 16.2 Å². The van der Waals surface area contributed by atoms with E-state index < -0.39 is 0 Å². The molecule has 0 aliphatic carbocycles. The number of nitrogens with two attached hydrogens (primary N) is 1. The van der Waals surface area contributed by atoms with Gasteiger partial charge in [0, 0.05) is 6.04 Å². The van der Waals surface area contributed by atoms with Gasteiger partial charge in [0.25, 0.3) is 0 Å². The summed E-state index contributed by atoms with van der Waals surface area (Å²) >= 11 is 1.59. The molecule has 0 saturated heterocycles. The molecule has 2 unspecified atom stereocenters. The Bertz CT molecular complexity index is 422. The van der Waals surface area contributed by atoms with E-state index in [9.17, 15) is 0 Å². The van der Waals surface area contributed by atoms with Crippen molar-refractivity contribution in [3.63, 3.8) is 0 Å². The number of hydrogen-bond donors (Lipinski definition) is 1. The van der Waals surface area contributed by atoms with E-state index in [4.69, 9.17) is 10.3 Å². The minimum absolute atomic E-state index is 0.0154. The van der Waals surface area contributed by atoms with E-state index in [1.54, 1.807) is 11.3 Å². The fourth-order valence-corrected chi connectivity index (χ4v) is 1.80. The molecule has 0 saturated carbocycles. The monoisotopic (exact) mass is 223 g/mol. The fraction of sp³-hybridized carbons (Fsp3) is 0.400. The van der Waals surface area contributed by atoms with Crippen LogP contribution < -0.4 is 5.73 Å². The number of nitrogens with zero attached hydrogens (tertiary/aromatic N) is 2.